The number of hydrogen-bond donors (Lipinski definition) is 1. The van der Waals surface area contributed by atoms with E-state index < -0.39 is 0 Å². The van der Waals surface area contributed by atoms with Gasteiger partial charge in [0.15, 0.2) is 0 Å². The van der Waals surface area contributed by atoms with Crippen molar-refractivity contribution in [1.82, 2.24) is 19.7 Å². The number of anilines is 1. The van der Waals surface area contributed by atoms with Gasteiger partial charge in [0, 0.05) is 24.7 Å². The van der Waals surface area contributed by atoms with E-state index in [9.17, 15) is 0 Å². The molecule has 0 aliphatic rings. The van der Waals surface area contributed by atoms with Crippen LogP contribution in [-0.4, -0.2) is 19.7 Å². The van der Waals surface area contributed by atoms with Crippen LogP contribution < -0.4 is 5.32 Å². The maximum absolute atomic E-state index is 4.55. The number of halogens is 1. The summed E-state index contributed by atoms with van der Waals surface area (Å²) in [5, 5.41) is 7.44. The predicted octanol–water partition coefficient (Wildman–Crippen LogP) is 2.88. The van der Waals surface area contributed by atoms with Gasteiger partial charge in [-0.3, -0.25) is 4.68 Å². The number of hydrogen-bond acceptors (Lipinski definition) is 4. The van der Waals surface area contributed by atoms with Crippen molar-refractivity contribution in [1.29, 1.82) is 0 Å². The van der Waals surface area contributed by atoms with Crippen LogP contribution in [-0.2, 0) is 19.0 Å². The number of aryl methyl sites for hydroxylation is 1. The van der Waals surface area contributed by atoms with Crippen LogP contribution in [0, 0.1) is 0 Å². The summed E-state index contributed by atoms with van der Waals surface area (Å²) in [4.78, 5) is 8.97. The molecule has 5 nitrogen and oxygen atoms in total. The Morgan fingerprint density at radius 1 is 1.32 bits per heavy atom. The molecule has 6 heteroatoms. The molecule has 19 heavy (non-hydrogen) atoms. The highest BCUT2D eigenvalue weighted by molar-refractivity contribution is 9.10. The molecule has 0 saturated heterocycles. The van der Waals surface area contributed by atoms with Crippen LogP contribution >= 0.6 is 15.9 Å². The van der Waals surface area contributed by atoms with Gasteiger partial charge in [0.25, 0.3) is 0 Å². The summed E-state index contributed by atoms with van der Waals surface area (Å²) >= 11 is 3.43. The molecular weight excluding hydrogens is 306 g/mol. The van der Waals surface area contributed by atoms with Gasteiger partial charge in [-0.25, -0.2) is 9.97 Å². The van der Waals surface area contributed by atoms with Crippen molar-refractivity contribution in [2.24, 2.45) is 7.05 Å². The Morgan fingerprint density at radius 2 is 2.05 bits per heavy atom. The van der Waals surface area contributed by atoms with Gasteiger partial charge in [0.1, 0.15) is 16.2 Å². The van der Waals surface area contributed by atoms with Crippen LogP contribution in [0.5, 0.6) is 0 Å². The van der Waals surface area contributed by atoms with Gasteiger partial charge in [-0.2, -0.15) is 5.10 Å². The van der Waals surface area contributed by atoms with Crippen molar-refractivity contribution in [3.8, 4) is 0 Å². The molecule has 0 saturated carbocycles. The molecule has 2 rings (SSSR count). The smallest absolute Gasteiger partial charge is 0.137 e. The highest BCUT2D eigenvalue weighted by atomic mass is 79.9. The molecule has 1 N–H and O–H groups in total. The van der Waals surface area contributed by atoms with Crippen LogP contribution in [0.25, 0.3) is 0 Å². The van der Waals surface area contributed by atoms with E-state index in [-0.39, 0.29) is 5.41 Å². The van der Waals surface area contributed by atoms with Gasteiger partial charge in [0.05, 0.1) is 12.2 Å². The van der Waals surface area contributed by atoms with Crippen LogP contribution in [0.15, 0.2) is 22.9 Å². The third-order valence-electron chi connectivity index (χ3n) is 2.74. The lowest BCUT2D eigenvalue weighted by molar-refractivity contribution is 0.544. The summed E-state index contributed by atoms with van der Waals surface area (Å²) in [6.07, 6.45) is 1.79. The molecule has 0 aromatic carbocycles. The SMILES string of the molecule is Cn1nccc1CNc1cc(Br)nc(C(C)(C)C)n1. The summed E-state index contributed by atoms with van der Waals surface area (Å²) in [5.41, 5.74) is 1.03. The Hall–Kier alpha value is -1.43. The van der Waals surface area contributed by atoms with E-state index in [4.69, 9.17) is 0 Å². The zero-order valence-corrected chi connectivity index (χ0v) is 13.2. The van der Waals surface area contributed by atoms with Gasteiger partial charge in [-0.05, 0) is 22.0 Å². The summed E-state index contributed by atoms with van der Waals surface area (Å²) in [5.74, 6) is 1.63. The lowest BCUT2D eigenvalue weighted by Crippen LogP contribution is -2.17. The first-order valence-corrected chi connectivity index (χ1v) is 6.91. The third kappa shape index (κ3) is 3.53. The minimum atomic E-state index is -0.0766. The average molecular weight is 324 g/mol. The Kier molecular flexibility index (Phi) is 3.89. The fourth-order valence-electron chi connectivity index (χ4n) is 1.60. The molecule has 0 fully saturated rings. The van der Waals surface area contributed by atoms with Crippen LogP contribution in [0.1, 0.15) is 32.3 Å². The van der Waals surface area contributed by atoms with Crippen molar-refractivity contribution >= 4 is 21.7 Å². The lowest BCUT2D eigenvalue weighted by Gasteiger charge is -2.18. The zero-order chi connectivity index (χ0) is 14.0. The molecule has 2 aromatic heterocycles. The van der Waals surface area contributed by atoms with Crippen LogP contribution in [0.4, 0.5) is 5.82 Å². The molecule has 0 atom stereocenters. The second-order valence-electron chi connectivity index (χ2n) is 5.45. The molecule has 0 aliphatic heterocycles. The van der Waals surface area contributed by atoms with Gasteiger partial charge in [-0.1, -0.05) is 20.8 Å². The Balaban J connectivity index is 2.17. The molecule has 0 unspecified atom stereocenters. The van der Waals surface area contributed by atoms with Crippen molar-refractivity contribution in [2.45, 2.75) is 32.7 Å². The second-order valence-corrected chi connectivity index (χ2v) is 6.26. The Morgan fingerprint density at radius 3 is 2.63 bits per heavy atom. The maximum atomic E-state index is 4.55. The molecule has 2 aromatic rings. The van der Waals surface area contributed by atoms with Crippen molar-refractivity contribution < 1.29 is 0 Å². The van der Waals surface area contributed by atoms with Crippen LogP contribution in [0.3, 0.4) is 0 Å². The van der Waals surface area contributed by atoms with E-state index in [1.807, 2.05) is 23.9 Å². The lowest BCUT2D eigenvalue weighted by atomic mass is 9.96. The first-order valence-electron chi connectivity index (χ1n) is 6.12. The van der Waals surface area contributed by atoms with E-state index >= 15 is 0 Å². The van der Waals surface area contributed by atoms with E-state index in [0.717, 1.165) is 21.9 Å². The molecule has 0 radical (unpaired) electrons. The highest BCUT2D eigenvalue weighted by Crippen LogP contribution is 2.22. The third-order valence-corrected chi connectivity index (χ3v) is 3.15. The fraction of sp³-hybridized carbons (Fsp3) is 0.462. The second kappa shape index (κ2) is 5.28. The van der Waals surface area contributed by atoms with E-state index in [2.05, 4.69) is 57.1 Å². The number of nitrogens with one attached hydrogen (secondary N) is 1. The standard InChI is InChI=1S/C13H18BrN5/c1-13(2,3)12-17-10(14)7-11(18-12)15-8-9-5-6-16-19(9)4/h5-7H,8H2,1-4H3,(H,15,17,18). The largest absolute Gasteiger partial charge is 0.364 e. The normalized spacial score (nSPS) is 11.6. The van der Waals surface area contributed by atoms with Gasteiger partial charge in [0.2, 0.25) is 0 Å². The van der Waals surface area contributed by atoms with Gasteiger partial charge < -0.3 is 5.32 Å². The summed E-state index contributed by atoms with van der Waals surface area (Å²) in [6.45, 7) is 6.97. The van der Waals surface area contributed by atoms with E-state index in [1.54, 1.807) is 6.20 Å². The first-order chi connectivity index (χ1) is 8.86. The molecule has 0 spiro atoms. The minimum absolute atomic E-state index is 0.0766. The molecular formula is C13H18BrN5. The van der Waals surface area contributed by atoms with Gasteiger partial charge >= 0.3 is 0 Å². The molecule has 0 aliphatic carbocycles. The van der Waals surface area contributed by atoms with Gasteiger partial charge in [-0.15, -0.1) is 0 Å². The first kappa shape index (κ1) is 14.0. The summed E-state index contributed by atoms with van der Waals surface area (Å²) < 4.78 is 2.63. The van der Waals surface area contributed by atoms with Crippen molar-refractivity contribution in [2.75, 3.05) is 5.32 Å². The van der Waals surface area contributed by atoms with E-state index in [0.29, 0.717) is 6.54 Å². The minimum Gasteiger partial charge on any atom is -0.364 e. The zero-order valence-electron chi connectivity index (χ0n) is 11.6. The Bertz CT molecular complexity index is 571. The topological polar surface area (TPSA) is 55.6 Å². The average Bonchev–Trinajstić information content (AvgIpc) is 2.70. The molecule has 2 heterocycles. The highest BCUT2D eigenvalue weighted by Gasteiger charge is 2.18. The maximum Gasteiger partial charge on any atom is 0.137 e. The summed E-state index contributed by atoms with van der Waals surface area (Å²) in [6, 6.07) is 3.86. The van der Waals surface area contributed by atoms with Crippen molar-refractivity contribution in [3.05, 3.63) is 34.5 Å². The summed E-state index contributed by atoms with van der Waals surface area (Å²) in [7, 11) is 1.92. The molecule has 0 amide bonds. The predicted molar refractivity (Wildman–Crippen MR) is 79.0 cm³/mol. The fourth-order valence-corrected chi connectivity index (χ4v) is 1.98. The number of aromatic nitrogens is 4. The van der Waals surface area contributed by atoms with Crippen LogP contribution in [0.2, 0.25) is 0 Å². The Labute approximate surface area is 121 Å². The molecule has 102 valence electrons. The monoisotopic (exact) mass is 323 g/mol. The van der Waals surface area contributed by atoms with Crippen molar-refractivity contribution in [3.63, 3.8) is 0 Å². The van der Waals surface area contributed by atoms with E-state index in [1.165, 1.54) is 0 Å². The number of rotatable bonds is 3. The quantitative estimate of drug-likeness (QED) is 0.882. The number of nitrogens with zero attached hydrogens (tertiary/aromatic N) is 4. The molecule has 0 bridgehead atoms.